The van der Waals surface area contributed by atoms with Gasteiger partial charge in [-0.3, -0.25) is 0 Å². The molecule has 1 nitrogen and oxygen atoms in total. The van der Waals surface area contributed by atoms with Gasteiger partial charge in [-0.2, -0.15) is 0 Å². The van der Waals surface area contributed by atoms with E-state index in [1.54, 1.807) is 11.3 Å². The minimum atomic E-state index is 0.242. The summed E-state index contributed by atoms with van der Waals surface area (Å²) < 4.78 is 0. The molecule has 0 aliphatic carbocycles. The van der Waals surface area contributed by atoms with Gasteiger partial charge in [-0.1, -0.05) is 25.4 Å². The van der Waals surface area contributed by atoms with Crippen LogP contribution in [0, 0.1) is 6.92 Å². The third kappa shape index (κ3) is 2.80. The monoisotopic (exact) mass is 299 g/mol. The van der Waals surface area contributed by atoms with Gasteiger partial charge >= 0.3 is 0 Å². The Hall–Kier alpha value is -0.350. The first-order valence-corrected chi connectivity index (χ1v) is 8.30. The first-order chi connectivity index (χ1) is 8.67. The molecule has 2 aromatic rings. The summed E-state index contributed by atoms with van der Waals surface area (Å²) in [5, 5.41) is 6.59. The molecule has 0 aliphatic heterocycles. The zero-order valence-corrected chi connectivity index (χ0v) is 13.3. The maximum Gasteiger partial charge on any atom is 0.0780 e. The lowest BCUT2D eigenvalue weighted by molar-refractivity contribution is 0.649. The molecule has 2 rings (SSSR count). The zero-order valence-electron chi connectivity index (χ0n) is 10.9. The van der Waals surface area contributed by atoms with E-state index in [4.69, 9.17) is 11.6 Å². The number of hydrogen-bond donors (Lipinski definition) is 1. The summed E-state index contributed by atoms with van der Waals surface area (Å²) in [5.41, 5.74) is 1.17. The molecule has 0 spiro atoms. The fourth-order valence-corrected chi connectivity index (χ4v) is 4.42. The van der Waals surface area contributed by atoms with Crippen LogP contribution in [-0.4, -0.2) is 6.54 Å². The topological polar surface area (TPSA) is 12.0 Å². The van der Waals surface area contributed by atoms with E-state index in [0.29, 0.717) is 0 Å². The van der Waals surface area contributed by atoms with Crippen LogP contribution in [0.5, 0.6) is 0 Å². The normalized spacial score (nSPS) is 12.9. The Morgan fingerprint density at radius 2 is 2.11 bits per heavy atom. The average Bonchev–Trinajstić information content (AvgIpc) is 2.96. The second kappa shape index (κ2) is 6.20. The van der Waals surface area contributed by atoms with Gasteiger partial charge in [-0.05, 0) is 43.0 Å². The summed E-state index contributed by atoms with van der Waals surface area (Å²) in [6, 6.07) is 4.69. The fraction of sp³-hybridized carbons (Fsp3) is 0.429. The summed E-state index contributed by atoms with van der Waals surface area (Å²) >= 11 is 10.0. The van der Waals surface area contributed by atoms with Crippen molar-refractivity contribution >= 4 is 34.3 Å². The quantitative estimate of drug-likeness (QED) is 0.816. The predicted octanol–water partition coefficient (Wildman–Crippen LogP) is 5.03. The molecule has 0 saturated heterocycles. The molecule has 0 fully saturated rings. The molecule has 0 aliphatic rings. The van der Waals surface area contributed by atoms with E-state index in [2.05, 4.69) is 43.6 Å². The highest BCUT2D eigenvalue weighted by Gasteiger charge is 2.20. The Bertz CT molecular complexity index is 516. The van der Waals surface area contributed by atoms with Crippen LogP contribution in [0.15, 0.2) is 17.5 Å². The summed E-state index contributed by atoms with van der Waals surface area (Å²) in [6.07, 6.45) is 1.10. The van der Waals surface area contributed by atoms with Crippen LogP contribution in [0.1, 0.15) is 40.1 Å². The highest BCUT2D eigenvalue weighted by atomic mass is 35.5. The van der Waals surface area contributed by atoms with Gasteiger partial charge in [-0.25, -0.2) is 0 Å². The second-order valence-corrected chi connectivity index (χ2v) is 6.73. The van der Waals surface area contributed by atoms with Crippen molar-refractivity contribution in [1.29, 1.82) is 0 Å². The van der Waals surface area contributed by atoms with Crippen LogP contribution in [-0.2, 0) is 6.42 Å². The van der Waals surface area contributed by atoms with E-state index < -0.39 is 0 Å². The number of rotatable bonds is 5. The van der Waals surface area contributed by atoms with Gasteiger partial charge < -0.3 is 5.32 Å². The first-order valence-electron chi connectivity index (χ1n) is 6.22. The van der Waals surface area contributed by atoms with E-state index in [1.165, 1.54) is 20.2 Å². The smallest absolute Gasteiger partial charge is 0.0780 e. The van der Waals surface area contributed by atoms with E-state index >= 15 is 0 Å². The first kappa shape index (κ1) is 14.1. The van der Waals surface area contributed by atoms with Gasteiger partial charge in [0.2, 0.25) is 0 Å². The average molecular weight is 300 g/mol. The number of hydrogen-bond acceptors (Lipinski definition) is 3. The maximum atomic E-state index is 6.40. The van der Waals surface area contributed by atoms with Crippen molar-refractivity contribution in [1.82, 2.24) is 5.32 Å². The van der Waals surface area contributed by atoms with Crippen molar-refractivity contribution in [3.8, 4) is 0 Å². The van der Waals surface area contributed by atoms with Crippen molar-refractivity contribution in [3.63, 3.8) is 0 Å². The van der Waals surface area contributed by atoms with E-state index in [9.17, 15) is 0 Å². The van der Waals surface area contributed by atoms with E-state index in [1.807, 2.05) is 11.3 Å². The molecule has 0 radical (unpaired) electrons. The standard InChI is InChI=1S/C14H18ClNS2/c1-4-10-6-7-11(18-10)13(16-5-2)14-12(15)9(3)8-17-14/h6-8,13,16H,4-5H2,1-3H3. The molecule has 1 N–H and O–H groups in total. The van der Waals surface area contributed by atoms with Crippen molar-refractivity contribution < 1.29 is 0 Å². The molecule has 0 bridgehead atoms. The number of thiophene rings is 2. The Balaban J connectivity index is 2.36. The second-order valence-electron chi connectivity index (χ2n) is 4.25. The Labute approximate surface area is 122 Å². The van der Waals surface area contributed by atoms with Gasteiger partial charge in [0.15, 0.2) is 0 Å². The largest absolute Gasteiger partial charge is 0.305 e. The third-order valence-corrected chi connectivity index (χ3v) is 5.98. The molecule has 4 heteroatoms. The van der Waals surface area contributed by atoms with Crippen LogP contribution < -0.4 is 5.32 Å². The summed E-state index contributed by atoms with van der Waals surface area (Å²) in [4.78, 5) is 4.02. The highest BCUT2D eigenvalue weighted by Crippen LogP contribution is 2.38. The molecule has 2 aromatic heterocycles. The van der Waals surface area contributed by atoms with E-state index in [0.717, 1.165) is 18.0 Å². The van der Waals surface area contributed by atoms with Crippen LogP contribution in [0.25, 0.3) is 0 Å². The van der Waals surface area contributed by atoms with Gasteiger partial charge in [-0.15, -0.1) is 22.7 Å². The molecule has 0 aromatic carbocycles. The van der Waals surface area contributed by atoms with Crippen molar-refractivity contribution in [2.45, 2.75) is 33.2 Å². The molecule has 18 heavy (non-hydrogen) atoms. The minimum Gasteiger partial charge on any atom is -0.305 e. The fourth-order valence-electron chi connectivity index (χ4n) is 1.91. The SMILES string of the molecule is CCNC(c1ccc(CC)s1)c1scc(C)c1Cl. The van der Waals surface area contributed by atoms with Crippen LogP contribution in [0.2, 0.25) is 5.02 Å². The van der Waals surface area contributed by atoms with Gasteiger partial charge in [0.25, 0.3) is 0 Å². The van der Waals surface area contributed by atoms with Gasteiger partial charge in [0.1, 0.15) is 0 Å². The van der Waals surface area contributed by atoms with Crippen molar-refractivity contribution in [2.24, 2.45) is 0 Å². The summed E-state index contributed by atoms with van der Waals surface area (Å²) in [7, 11) is 0. The molecule has 2 heterocycles. The number of nitrogens with one attached hydrogen (secondary N) is 1. The zero-order chi connectivity index (χ0) is 13.1. The van der Waals surface area contributed by atoms with Crippen molar-refractivity contribution in [3.05, 3.63) is 42.7 Å². The lowest BCUT2D eigenvalue weighted by atomic mass is 10.2. The molecule has 0 amide bonds. The third-order valence-electron chi connectivity index (χ3n) is 2.91. The van der Waals surface area contributed by atoms with Gasteiger partial charge in [0, 0.05) is 14.6 Å². The molecule has 1 unspecified atom stereocenters. The molecule has 98 valence electrons. The summed E-state index contributed by atoms with van der Waals surface area (Å²) in [5.74, 6) is 0. The Morgan fingerprint density at radius 1 is 1.33 bits per heavy atom. The predicted molar refractivity (Wildman–Crippen MR) is 83.3 cm³/mol. The van der Waals surface area contributed by atoms with Crippen LogP contribution >= 0.6 is 34.3 Å². The molecule has 1 atom stereocenters. The van der Waals surface area contributed by atoms with Crippen molar-refractivity contribution in [2.75, 3.05) is 6.54 Å². The maximum absolute atomic E-state index is 6.40. The molecular weight excluding hydrogens is 282 g/mol. The lowest BCUT2D eigenvalue weighted by Gasteiger charge is -2.15. The van der Waals surface area contributed by atoms with E-state index in [-0.39, 0.29) is 6.04 Å². The Kier molecular flexibility index (Phi) is 4.84. The van der Waals surface area contributed by atoms with Gasteiger partial charge in [0.05, 0.1) is 11.1 Å². The lowest BCUT2D eigenvalue weighted by Crippen LogP contribution is -2.20. The summed E-state index contributed by atoms with van der Waals surface area (Å²) in [6.45, 7) is 7.34. The van der Waals surface area contributed by atoms with Crippen LogP contribution in [0.3, 0.4) is 0 Å². The molecule has 0 saturated carbocycles. The highest BCUT2D eigenvalue weighted by molar-refractivity contribution is 7.13. The number of aryl methyl sites for hydroxylation is 2. The Morgan fingerprint density at radius 3 is 2.61 bits per heavy atom. The molecular formula is C14H18ClNS2. The minimum absolute atomic E-state index is 0.242. The van der Waals surface area contributed by atoms with Crippen LogP contribution in [0.4, 0.5) is 0 Å². The number of halogens is 1.